The second kappa shape index (κ2) is 6.03. The molecule has 2 aliphatic rings. The zero-order valence-electron chi connectivity index (χ0n) is 13.3. The molecule has 2 aliphatic heterocycles. The Kier molecular flexibility index (Phi) is 4.12. The average Bonchev–Trinajstić information content (AvgIpc) is 3.00. The molecule has 0 aromatic carbocycles. The quantitative estimate of drug-likeness (QED) is 0.919. The molecule has 0 bridgehead atoms. The summed E-state index contributed by atoms with van der Waals surface area (Å²) in [6.07, 6.45) is 3.75. The third-order valence-corrected chi connectivity index (χ3v) is 4.38. The van der Waals surface area contributed by atoms with Crippen LogP contribution in [-0.4, -0.2) is 48.2 Å². The molecule has 116 valence electrons. The minimum absolute atomic E-state index is 0.674. The first-order chi connectivity index (χ1) is 10.2. The molecule has 0 aliphatic carbocycles. The summed E-state index contributed by atoms with van der Waals surface area (Å²) in [6.45, 7) is 8.81. The third kappa shape index (κ3) is 3.19. The molecule has 6 heteroatoms. The Balaban J connectivity index is 1.88. The second-order valence-electron chi connectivity index (χ2n) is 6.55. The van der Waals surface area contributed by atoms with Crippen LogP contribution in [0.3, 0.4) is 0 Å². The van der Waals surface area contributed by atoms with Crippen LogP contribution in [0.15, 0.2) is 0 Å². The van der Waals surface area contributed by atoms with Gasteiger partial charge in [0, 0.05) is 33.2 Å². The molecule has 6 nitrogen and oxygen atoms in total. The van der Waals surface area contributed by atoms with Gasteiger partial charge in [-0.05, 0) is 31.1 Å². The molecule has 2 saturated heterocycles. The Labute approximate surface area is 127 Å². The van der Waals surface area contributed by atoms with Crippen molar-refractivity contribution >= 4 is 17.8 Å². The van der Waals surface area contributed by atoms with E-state index >= 15 is 0 Å². The Morgan fingerprint density at radius 1 is 0.905 bits per heavy atom. The molecule has 0 spiro atoms. The number of anilines is 3. The fourth-order valence-electron chi connectivity index (χ4n) is 3.49. The number of nitrogens with zero attached hydrogens (tertiary/aromatic N) is 5. The molecule has 3 heterocycles. The van der Waals surface area contributed by atoms with E-state index in [4.69, 9.17) is 4.98 Å². The van der Waals surface area contributed by atoms with Crippen molar-refractivity contribution in [2.75, 3.05) is 48.3 Å². The Morgan fingerprint density at radius 3 is 2.05 bits per heavy atom. The van der Waals surface area contributed by atoms with Gasteiger partial charge in [-0.3, -0.25) is 0 Å². The summed E-state index contributed by atoms with van der Waals surface area (Å²) in [5, 5.41) is 3.08. The predicted octanol–water partition coefficient (Wildman–Crippen LogP) is 2.00. The Bertz CT molecular complexity index is 475. The van der Waals surface area contributed by atoms with E-state index in [0.29, 0.717) is 17.8 Å². The summed E-state index contributed by atoms with van der Waals surface area (Å²) in [5.74, 6) is 3.72. The highest BCUT2D eigenvalue weighted by Crippen LogP contribution is 2.26. The van der Waals surface area contributed by atoms with Crippen LogP contribution < -0.4 is 15.1 Å². The molecule has 0 saturated carbocycles. The molecule has 1 N–H and O–H groups in total. The van der Waals surface area contributed by atoms with Gasteiger partial charge in [0.25, 0.3) is 0 Å². The summed E-state index contributed by atoms with van der Waals surface area (Å²) in [6, 6.07) is 0. The lowest BCUT2D eigenvalue weighted by atomic mass is 9.92. The molecule has 3 rings (SSSR count). The first-order valence-corrected chi connectivity index (χ1v) is 8.09. The molecule has 0 amide bonds. The lowest BCUT2D eigenvalue weighted by molar-refractivity contribution is 0.353. The van der Waals surface area contributed by atoms with E-state index in [1.54, 1.807) is 0 Å². The van der Waals surface area contributed by atoms with Gasteiger partial charge in [0.15, 0.2) is 0 Å². The molecule has 21 heavy (non-hydrogen) atoms. The number of aromatic nitrogens is 3. The predicted molar refractivity (Wildman–Crippen MR) is 86.0 cm³/mol. The fraction of sp³-hybridized carbons (Fsp3) is 0.800. The van der Waals surface area contributed by atoms with Crippen LogP contribution >= 0.6 is 0 Å². The Morgan fingerprint density at radius 2 is 1.48 bits per heavy atom. The highest BCUT2D eigenvalue weighted by Gasteiger charge is 2.25. The highest BCUT2D eigenvalue weighted by atomic mass is 15.4. The summed E-state index contributed by atoms with van der Waals surface area (Å²) < 4.78 is 0. The van der Waals surface area contributed by atoms with Crippen LogP contribution in [0, 0.1) is 11.8 Å². The van der Waals surface area contributed by atoms with Gasteiger partial charge < -0.3 is 15.1 Å². The summed E-state index contributed by atoms with van der Waals surface area (Å²) in [4.78, 5) is 18.4. The van der Waals surface area contributed by atoms with Gasteiger partial charge >= 0.3 is 0 Å². The molecule has 2 fully saturated rings. The highest BCUT2D eigenvalue weighted by molar-refractivity contribution is 5.45. The Hall–Kier alpha value is -1.59. The van der Waals surface area contributed by atoms with Crippen LogP contribution in [-0.2, 0) is 0 Å². The van der Waals surface area contributed by atoms with Crippen LogP contribution in [0.4, 0.5) is 17.8 Å². The van der Waals surface area contributed by atoms with Crippen LogP contribution in [0.5, 0.6) is 0 Å². The molecular formula is C15H26N6. The SMILES string of the molecule is CNc1nc(N2CCCC2)nc(N2CC(C)CC(C)C2)n1. The van der Waals surface area contributed by atoms with Crippen molar-refractivity contribution in [1.82, 2.24) is 15.0 Å². The number of piperidine rings is 1. The maximum absolute atomic E-state index is 4.75. The molecule has 2 unspecified atom stereocenters. The van der Waals surface area contributed by atoms with Gasteiger partial charge in [-0.2, -0.15) is 15.0 Å². The van der Waals surface area contributed by atoms with Crippen molar-refractivity contribution in [1.29, 1.82) is 0 Å². The number of nitrogens with one attached hydrogen (secondary N) is 1. The third-order valence-electron chi connectivity index (χ3n) is 4.38. The average molecular weight is 290 g/mol. The van der Waals surface area contributed by atoms with E-state index in [2.05, 4.69) is 38.9 Å². The van der Waals surface area contributed by atoms with Gasteiger partial charge in [0.2, 0.25) is 17.8 Å². The zero-order chi connectivity index (χ0) is 14.8. The normalized spacial score (nSPS) is 26.2. The zero-order valence-corrected chi connectivity index (χ0v) is 13.3. The van der Waals surface area contributed by atoms with E-state index in [9.17, 15) is 0 Å². The van der Waals surface area contributed by atoms with Crippen molar-refractivity contribution in [3.05, 3.63) is 0 Å². The van der Waals surface area contributed by atoms with Crippen LogP contribution in [0.25, 0.3) is 0 Å². The van der Waals surface area contributed by atoms with Crippen molar-refractivity contribution in [2.24, 2.45) is 11.8 Å². The first kappa shape index (κ1) is 14.4. The summed E-state index contributed by atoms with van der Waals surface area (Å²) in [7, 11) is 1.87. The smallest absolute Gasteiger partial charge is 0.231 e. The lowest BCUT2D eigenvalue weighted by Gasteiger charge is -2.35. The van der Waals surface area contributed by atoms with Gasteiger partial charge in [0.05, 0.1) is 0 Å². The number of rotatable bonds is 3. The molecule has 0 radical (unpaired) electrons. The van der Waals surface area contributed by atoms with E-state index < -0.39 is 0 Å². The van der Waals surface area contributed by atoms with E-state index in [1.165, 1.54) is 19.3 Å². The van der Waals surface area contributed by atoms with Gasteiger partial charge in [-0.15, -0.1) is 0 Å². The van der Waals surface area contributed by atoms with Crippen molar-refractivity contribution in [3.63, 3.8) is 0 Å². The van der Waals surface area contributed by atoms with E-state index in [0.717, 1.165) is 38.1 Å². The van der Waals surface area contributed by atoms with E-state index in [-0.39, 0.29) is 0 Å². The molecule has 1 aromatic rings. The second-order valence-corrected chi connectivity index (χ2v) is 6.55. The molecule has 1 aromatic heterocycles. The van der Waals surface area contributed by atoms with Crippen molar-refractivity contribution in [3.8, 4) is 0 Å². The molecule has 2 atom stereocenters. The number of hydrogen-bond donors (Lipinski definition) is 1. The van der Waals surface area contributed by atoms with Gasteiger partial charge in [-0.1, -0.05) is 13.8 Å². The van der Waals surface area contributed by atoms with Crippen molar-refractivity contribution in [2.45, 2.75) is 33.1 Å². The standard InChI is InChI=1S/C15H26N6/c1-11-8-12(2)10-21(9-11)15-18-13(16-3)17-14(19-15)20-6-4-5-7-20/h11-12H,4-10H2,1-3H3,(H,16,17,18,19). The maximum atomic E-state index is 4.75. The minimum atomic E-state index is 0.674. The summed E-state index contributed by atoms with van der Waals surface area (Å²) >= 11 is 0. The van der Waals surface area contributed by atoms with Gasteiger partial charge in [0.1, 0.15) is 0 Å². The first-order valence-electron chi connectivity index (χ1n) is 8.09. The van der Waals surface area contributed by atoms with Crippen LogP contribution in [0.2, 0.25) is 0 Å². The topological polar surface area (TPSA) is 57.2 Å². The minimum Gasteiger partial charge on any atom is -0.357 e. The van der Waals surface area contributed by atoms with E-state index in [1.807, 2.05) is 7.05 Å². The van der Waals surface area contributed by atoms with Crippen molar-refractivity contribution < 1.29 is 0 Å². The molecular weight excluding hydrogens is 264 g/mol. The van der Waals surface area contributed by atoms with Crippen LogP contribution in [0.1, 0.15) is 33.1 Å². The van der Waals surface area contributed by atoms with Gasteiger partial charge in [-0.25, -0.2) is 0 Å². The maximum Gasteiger partial charge on any atom is 0.231 e. The summed E-state index contributed by atoms with van der Waals surface area (Å²) in [5.41, 5.74) is 0. The largest absolute Gasteiger partial charge is 0.357 e. The number of hydrogen-bond acceptors (Lipinski definition) is 6. The fourth-order valence-corrected chi connectivity index (χ4v) is 3.49. The lowest BCUT2D eigenvalue weighted by Crippen LogP contribution is -2.40. The monoisotopic (exact) mass is 290 g/mol.